The largest absolute Gasteiger partial charge is 0.368 e. The number of anilines is 1. The van der Waals surface area contributed by atoms with Gasteiger partial charge in [0.1, 0.15) is 5.82 Å². The summed E-state index contributed by atoms with van der Waals surface area (Å²) < 4.78 is 0. The first kappa shape index (κ1) is 17.8. The van der Waals surface area contributed by atoms with Crippen LogP contribution in [0.15, 0.2) is 23.4 Å². The number of fused-ring (bicyclic) bond motifs is 1. The van der Waals surface area contributed by atoms with Gasteiger partial charge in [-0.1, -0.05) is 0 Å². The molecule has 0 aromatic carbocycles. The van der Waals surface area contributed by atoms with Gasteiger partial charge in [-0.2, -0.15) is 0 Å². The van der Waals surface area contributed by atoms with Gasteiger partial charge in [0.2, 0.25) is 0 Å². The standard InChI is InChI=1S/C18H28N6O/c1-13(2)23-5-7-24(8-6-23)18(3,4)11-20-16-9-14-15(10-19-16)21-12-22-17(14)25/h9-10,12-13H,5-8,11H2,1-4H3,(H,19,20)(H,21,22,25). The molecule has 0 bridgehead atoms. The van der Waals surface area contributed by atoms with E-state index >= 15 is 0 Å². The highest BCUT2D eigenvalue weighted by atomic mass is 16.1. The zero-order valence-corrected chi connectivity index (χ0v) is 15.5. The first-order chi connectivity index (χ1) is 11.9. The summed E-state index contributed by atoms with van der Waals surface area (Å²) in [6, 6.07) is 2.38. The lowest BCUT2D eigenvalue weighted by molar-refractivity contribution is 0.0462. The number of pyridine rings is 1. The molecule has 0 unspecified atom stereocenters. The van der Waals surface area contributed by atoms with E-state index in [4.69, 9.17) is 0 Å². The lowest BCUT2D eigenvalue weighted by Crippen LogP contribution is -2.58. The van der Waals surface area contributed by atoms with Crippen LogP contribution in [0, 0.1) is 0 Å². The third-order valence-electron chi connectivity index (χ3n) is 5.13. The van der Waals surface area contributed by atoms with Crippen LogP contribution in [0.5, 0.6) is 0 Å². The van der Waals surface area contributed by atoms with Gasteiger partial charge in [0.25, 0.3) is 5.56 Å². The van der Waals surface area contributed by atoms with Gasteiger partial charge in [0.05, 0.1) is 23.4 Å². The Morgan fingerprint density at radius 3 is 2.64 bits per heavy atom. The smallest absolute Gasteiger partial charge is 0.258 e. The zero-order chi connectivity index (χ0) is 18.0. The summed E-state index contributed by atoms with van der Waals surface area (Å²) in [5.74, 6) is 0.708. The quantitative estimate of drug-likeness (QED) is 0.857. The Kier molecular flexibility index (Phi) is 5.06. The number of hydrogen-bond acceptors (Lipinski definition) is 6. The number of aromatic amines is 1. The fourth-order valence-corrected chi connectivity index (χ4v) is 3.33. The summed E-state index contributed by atoms with van der Waals surface area (Å²) in [5.41, 5.74) is 0.485. The Labute approximate surface area is 148 Å². The van der Waals surface area contributed by atoms with Crippen LogP contribution in [0.1, 0.15) is 27.7 Å². The van der Waals surface area contributed by atoms with Crippen molar-refractivity contribution in [3.8, 4) is 0 Å². The van der Waals surface area contributed by atoms with Crippen molar-refractivity contribution in [2.75, 3.05) is 38.0 Å². The van der Waals surface area contributed by atoms with E-state index in [0.29, 0.717) is 22.8 Å². The van der Waals surface area contributed by atoms with Gasteiger partial charge in [-0.25, -0.2) is 9.97 Å². The summed E-state index contributed by atoms with van der Waals surface area (Å²) in [7, 11) is 0. The number of rotatable bonds is 5. The second-order valence-electron chi connectivity index (χ2n) is 7.60. The average molecular weight is 344 g/mol. The molecule has 2 aromatic heterocycles. The van der Waals surface area contributed by atoms with Crippen molar-refractivity contribution in [2.45, 2.75) is 39.3 Å². The Balaban J connectivity index is 1.64. The molecule has 0 amide bonds. The van der Waals surface area contributed by atoms with Crippen LogP contribution in [0.2, 0.25) is 0 Å². The van der Waals surface area contributed by atoms with Crippen molar-refractivity contribution >= 4 is 16.7 Å². The van der Waals surface area contributed by atoms with Crippen LogP contribution in [0.4, 0.5) is 5.82 Å². The predicted octanol–water partition coefficient (Wildman–Crippen LogP) is 1.53. The first-order valence-electron chi connectivity index (χ1n) is 8.93. The number of H-pyrrole nitrogens is 1. The van der Waals surface area contributed by atoms with Crippen LogP contribution in [0.25, 0.3) is 10.9 Å². The predicted molar refractivity (Wildman–Crippen MR) is 101 cm³/mol. The minimum Gasteiger partial charge on any atom is -0.368 e. The molecule has 1 saturated heterocycles. The molecular weight excluding hydrogens is 316 g/mol. The second-order valence-corrected chi connectivity index (χ2v) is 7.60. The number of nitrogens with one attached hydrogen (secondary N) is 2. The van der Waals surface area contributed by atoms with Gasteiger partial charge < -0.3 is 10.3 Å². The summed E-state index contributed by atoms with van der Waals surface area (Å²) in [6.45, 7) is 14.1. The van der Waals surface area contributed by atoms with Crippen molar-refractivity contribution < 1.29 is 0 Å². The molecule has 3 heterocycles. The summed E-state index contributed by atoms with van der Waals surface area (Å²) in [6.07, 6.45) is 3.04. The highest BCUT2D eigenvalue weighted by Crippen LogP contribution is 2.19. The van der Waals surface area contributed by atoms with E-state index in [1.54, 1.807) is 12.3 Å². The molecular formula is C18H28N6O. The van der Waals surface area contributed by atoms with Crippen molar-refractivity contribution in [2.24, 2.45) is 0 Å². The molecule has 25 heavy (non-hydrogen) atoms. The maximum atomic E-state index is 11.9. The number of aromatic nitrogens is 3. The summed E-state index contributed by atoms with van der Waals surface area (Å²) in [4.78, 5) is 28.1. The molecule has 2 N–H and O–H groups in total. The van der Waals surface area contributed by atoms with Crippen LogP contribution in [-0.2, 0) is 0 Å². The van der Waals surface area contributed by atoms with Crippen molar-refractivity contribution in [3.05, 3.63) is 28.9 Å². The molecule has 1 aliphatic rings. The SMILES string of the molecule is CC(C)N1CCN(C(C)(C)CNc2cc3c(=O)[nH]cnc3cn2)CC1. The molecule has 3 rings (SSSR count). The Morgan fingerprint density at radius 2 is 1.96 bits per heavy atom. The van der Waals surface area contributed by atoms with E-state index in [2.05, 4.69) is 57.8 Å². The fourth-order valence-electron chi connectivity index (χ4n) is 3.33. The van der Waals surface area contributed by atoms with E-state index in [1.807, 2.05) is 0 Å². The Bertz CT molecular complexity index is 776. The van der Waals surface area contributed by atoms with Gasteiger partial charge in [-0.3, -0.25) is 14.6 Å². The van der Waals surface area contributed by atoms with Gasteiger partial charge in [-0.15, -0.1) is 0 Å². The highest BCUT2D eigenvalue weighted by Gasteiger charge is 2.30. The first-order valence-corrected chi connectivity index (χ1v) is 8.93. The van der Waals surface area contributed by atoms with Crippen molar-refractivity contribution in [1.82, 2.24) is 24.8 Å². The molecule has 1 aliphatic heterocycles. The molecule has 0 radical (unpaired) electrons. The zero-order valence-electron chi connectivity index (χ0n) is 15.5. The van der Waals surface area contributed by atoms with E-state index in [1.165, 1.54) is 6.33 Å². The third-order valence-corrected chi connectivity index (χ3v) is 5.13. The Hall–Kier alpha value is -1.99. The molecule has 0 atom stereocenters. The maximum Gasteiger partial charge on any atom is 0.258 e. The molecule has 7 heteroatoms. The lowest BCUT2D eigenvalue weighted by Gasteiger charge is -2.45. The van der Waals surface area contributed by atoms with Gasteiger partial charge in [0.15, 0.2) is 0 Å². The van der Waals surface area contributed by atoms with Crippen LogP contribution < -0.4 is 10.9 Å². The fraction of sp³-hybridized carbons (Fsp3) is 0.611. The summed E-state index contributed by atoms with van der Waals surface area (Å²) in [5, 5.41) is 3.95. The van der Waals surface area contributed by atoms with Crippen molar-refractivity contribution in [1.29, 1.82) is 0 Å². The number of piperazine rings is 1. The molecule has 0 saturated carbocycles. The minimum absolute atomic E-state index is 0.0149. The van der Waals surface area contributed by atoms with Crippen LogP contribution >= 0.6 is 0 Å². The molecule has 0 aliphatic carbocycles. The maximum absolute atomic E-state index is 11.9. The van der Waals surface area contributed by atoms with E-state index in [9.17, 15) is 4.79 Å². The van der Waals surface area contributed by atoms with Crippen LogP contribution in [-0.4, -0.2) is 69.1 Å². The molecule has 2 aromatic rings. The second kappa shape index (κ2) is 7.09. The number of hydrogen-bond donors (Lipinski definition) is 2. The monoisotopic (exact) mass is 344 g/mol. The average Bonchev–Trinajstić information content (AvgIpc) is 2.60. The third kappa shape index (κ3) is 3.99. The molecule has 1 fully saturated rings. The van der Waals surface area contributed by atoms with E-state index < -0.39 is 0 Å². The minimum atomic E-state index is -0.139. The topological polar surface area (TPSA) is 77.1 Å². The Morgan fingerprint density at radius 1 is 1.24 bits per heavy atom. The molecule has 7 nitrogen and oxygen atoms in total. The van der Waals surface area contributed by atoms with Gasteiger partial charge >= 0.3 is 0 Å². The normalized spacial score (nSPS) is 17.3. The van der Waals surface area contributed by atoms with Gasteiger partial charge in [-0.05, 0) is 33.8 Å². The molecule has 0 spiro atoms. The van der Waals surface area contributed by atoms with Crippen molar-refractivity contribution in [3.63, 3.8) is 0 Å². The highest BCUT2D eigenvalue weighted by molar-refractivity contribution is 5.78. The molecule has 136 valence electrons. The van der Waals surface area contributed by atoms with Gasteiger partial charge in [0, 0.05) is 44.3 Å². The lowest BCUT2D eigenvalue weighted by atomic mass is 10.0. The van der Waals surface area contributed by atoms with Crippen LogP contribution in [0.3, 0.4) is 0 Å². The number of nitrogens with zero attached hydrogens (tertiary/aromatic N) is 4. The summed E-state index contributed by atoms with van der Waals surface area (Å²) >= 11 is 0. The van der Waals surface area contributed by atoms with E-state index in [0.717, 1.165) is 32.7 Å². The van der Waals surface area contributed by atoms with E-state index in [-0.39, 0.29) is 11.1 Å².